The molecule has 0 N–H and O–H groups in total. The first-order chi connectivity index (χ1) is 3.84. The molecule has 1 aliphatic rings. The van der Waals surface area contributed by atoms with E-state index in [2.05, 4.69) is 6.07 Å². The zero-order valence-corrected chi connectivity index (χ0v) is 5.23. The smallest absolute Gasteiger partial charge is 0.112 e. The molecule has 1 saturated heterocycles. The van der Waals surface area contributed by atoms with Crippen molar-refractivity contribution in [2.75, 3.05) is 6.54 Å². The minimum atomic E-state index is -0.0309. The molecule has 1 aliphatic heterocycles. The molecule has 1 fully saturated rings. The van der Waals surface area contributed by atoms with Gasteiger partial charge >= 0.3 is 0 Å². The molecule has 0 spiro atoms. The molecule has 0 amide bonds. The molecule has 1 atom stereocenters. The Morgan fingerprint density at radius 2 is 2.50 bits per heavy atom. The van der Waals surface area contributed by atoms with Crippen LogP contribution in [0.15, 0.2) is 0 Å². The summed E-state index contributed by atoms with van der Waals surface area (Å²) < 4.78 is 1.57. The van der Waals surface area contributed by atoms with Crippen molar-refractivity contribution in [2.24, 2.45) is 0 Å². The third-order valence-electron chi connectivity index (χ3n) is 1.34. The summed E-state index contributed by atoms with van der Waals surface area (Å²) in [5, 5.41) is 8.36. The van der Waals surface area contributed by atoms with Crippen LogP contribution in [0.1, 0.15) is 12.8 Å². The number of rotatable bonds is 0. The Labute approximate surface area is 53.8 Å². The summed E-state index contributed by atoms with van der Waals surface area (Å²) >= 11 is 5.59. The largest absolute Gasteiger partial charge is 0.203 e. The molecule has 1 unspecified atom stereocenters. The normalized spacial score (nSPS) is 30.2. The molecular formula is C5H7ClN2. The van der Waals surface area contributed by atoms with Gasteiger partial charge in [0.1, 0.15) is 6.04 Å². The SMILES string of the molecule is N#CC1CCCN1Cl. The summed E-state index contributed by atoms with van der Waals surface area (Å²) in [6, 6.07) is 2.08. The van der Waals surface area contributed by atoms with Crippen LogP contribution >= 0.6 is 11.8 Å². The maximum Gasteiger partial charge on any atom is 0.112 e. The van der Waals surface area contributed by atoms with Crippen LogP contribution in [0.25, 0.3) is 0 Å². The Morgan fingerprint density at radius 1 is 1.75 bits per heavy atom. The standard InChI is InChI=1S/C5H7ClN2/c6-8-3-1-2-5(8)4-7/h5H,1-3H2. The predicted octanol–water partition coefficient (Wildman–Crippen LogP) is 1.13. The third-order valence-corrected chi connectivity index (χ3v) is 1.74. The van der Waals surface area contributed by atoms with Gasteiger partial charge in [0, 0.05) is 6.54 Å². The summed E-state index contributed by atoms with van der Waals surface area (Å²) in [6.07, 6.45) is 1.99. The van der Waals surface area contributed by atoms with Crippen molar-refractivity contribution in [3.8, 4) is 6.07 Å². The fraction of sp³-hybridized carbons (Fsp3) is 0.800. The summed E-state index contributed by atoms with van der Waals surface area (Å²) in [5.41, 5.74) is 0. The number of hydrogen-bond acceptors (Lipinski definition) is 2. The highest BCUT2D eigenvalue weighted by atomic mass is 35.5. The number of nitriles is 1. The van der Waals surface area contributed by atoms with Crippen LogP contribution in [0.2, 0.25) is 0 Å². The van der Waals surface area contributed by atoms with Crippen molar-refractivity contribution in [1.82, 2.24) is 4.42 Å². The van der Waals surface area contributed by atoms with E-state index >= 15 is 0 Å². The van der Waals surface area contributed by atoms with E-state index < -0.39 is 0 Å². The molecule has 0 aromatic carbocycles. The molecule has 0 aromatic rings. The molecule has 8 heavy (non-hydrogen) atoms. The lowest BCUT2D eigenvalue weighted by Gasteiger charge is -2.05. The van der Waals surface area contributed by atoms with Crippen molar-refractivity contribution < 1.29 is 0 Å². The fourth-order valence-electron chi connectivity index (χ4n) is 0.859. The van der Waals surface area contributed by atoms with E-state index in [1.807, 2.05) is 0 Å². The molecule has 0 radical (unpaired) electrons. The molecule has 0 aromatic heterocycles. The van der Waals surface area contributed by atoms with Crippen molar-refractivity contribution in [3.63, 3.8) is 0 Å². The molecule has 3 heteroatoms. The van der Waals surface area contributed by atoms with Crippen LogP contribution < -0.4 is 0 Å². The van der Waals surface area contributed by atoms with Gasteiger partial charge in [-0.05, 0) is 24.6 Å². The van der Waals surface area contributed by atoms with Crippen LogP contribution in [-0.4, -0.2) is 17.0 Å². The van der Waals surface area contributed by atoms with Gasteiger partial charge in [0.05, 0.1) is 6.07 Å². The quantitative estimate of drug-likeness (QED) is 0.460. The van der Waals surface area contributed by atoms with E-state index in [1.54, 1.807) is 4.42 Å². The maximum absolute atomic E-state index is 8.36. The first-order valence-corrected chi connectivity index (χ1v) is 3.00. The molecule has 0 bridgehead atoms. The second kappa shape index (κ2) is 2.34. The minimum Gasteiger partial charge on any atom is -0.203 e. The van der Waals surface area contributed by atoms with Crippen LogP contribution in [-0.2, 0) is 0 Å². The molecule has 44 valence electrons. The molecule has 0 saturated carbocycles. The van der Waals surface area contributed by atoms with Crippen LogP contribution in [0.5, 0.6) is 0 Å². The lowest BCUT2D eigenvalue weighted by atomic mass is 10.2. The molecule has 0 aliphatic carbocycles. The van der Waals surface area contributed by atoms with Crippen LogP contribution in [0, 0.1) is 11.3 Å². The number of hydrogen-bond donors (Lipinski definition) is 0. The van der Waals surface area contributed by atoms with E-state index in [9.17, 15) is 0 Å². The number of halogens is 1. The first-order valence-electron chi connectivity index (χ1n) is 2.66. The Hall–Kier alpha value is -0.260. The van der Waals surface area contributed by atoms with Gasteiger partial charge in [-0.15, -0.1) is 0 Å². The number of nitrogens with zero attached hydrogens (tertiary/aromatic N) is 2. The summed E-state index contributed by atoms with van der Waals surface area (Å²) in [7, 11) is 0. The second-order valence-corrected chi connectivity index (χ2v) is 2.34. The van der Waals surface area contributed by atoms with Crippen LogP contribution in [0.3, 0.4) is 0 Å². The van der Waals surface area contributed by atoms with Crippen molar-refractivity contribution in [2.45, 2.75) is 18.9 Å². The third kappa shape index (κ3) is 0.936. The van der Waals surface area contributed by atoms with Crippen molar-refractivity contribution in [3.05, 3.63) is 0 Å². The second-order valence-electron chi connectivity index (χ2n) is 1.91. The van der Waals surface area contributed by atoms with Gasteiger partial charge < -0.3 is 0 Å². The Bertz CT molecular complexity index is 118. The minimum absolute atomic E-state index is 0.0309. The van der Waals surface area contributed by atoms with Gasteiger partial charge in [0.15, 0.2) is 0 Å². The zero-order valence-electron chi connectivity index (χ0n) is 4.47. The van der Waals surface area contributed by atoms with Gasteiger partial charge in [-0.1, -0.05) is 0 Å². The van der Waals surface area contributed by atoms with Gasteiger partial charge in [-0.3, -0.25) is 0 Å². The van der Waals surface area contributed by atoms with E-state index in [4.69, 9.17) is 17.0 Å². The molecule has 1 heterocycles. The monoisotopic (exact) mass is 130 g/mol. The average molecular weight is 131 g/mol. The summed E-state index contributed by atoms with van der Waals surface area (Å²) in [4.78, 5) is 0. The Kier molecular flexibility index (Phi) is 1.72. The van der Waals surface area contributed by atoms with E-state index in [1.165, 1.54) is 0 Å². The Morgan fingerprint density at radius 3 is 2.75 bits per heavy atom. The average Bonchev–Trinajstić information content (AvgIpc) is 2.14. The topological polar surface area (TPSA) is 27.0 Å². The fourth-order valence-corrected chi connectivity index (χ4v) is 1.12. The summed E-state index contributed by atoms with van der Waals surface area (Å²) in [5.74, 6) is 0. The lowest BCUT2D eigenvalue weighted by Crippen LogP contribution is -2.16. The van der Waals surface area contributed by atoms with Gasteiger partial charge in [-0.2, -0.15) is 5.26 Å². The maximum atomic E-state index is 8.36. The van der Waals surface area contributed by atoms with Gasteiger partial charge in [0.2, 0.25) is 0 Å². The highest BCUT2D eigenvalue weighted by Gasteiger charge is 2.21. The molecule has 1 rings (SSSR count). The zero-order chi connectivity index (χ0) is 5.98. The van der Waals surface area contributed by atoms with E-state index in [0.717, 1.165) is 19.4 Å². The van der Waals surface area contributed by atoms with Gasteiger partial charge in [-0.25, -0.2) is 4.42 Å². The Balaban J connectivity index is 2.45. The van der Waals surface area contributed by atoms with E-state index in [0.29, 0.717) is 0 Å². The summed E-state index contributed by atoms with van der Waals surface area (Å²) in [6.45, 7) is 0.861. The van der Waals surface area contributed by atoms with Crippen molar-refractivity contribution >= 4 is 11.8 Å². The highest BCUT2D eigenvalue weighted by molar-refractivity contribution is 6.13. The highest BCUT2D eigenvalue weighted by Crippen LogP contribution is 2.17. The van der Waals surface area contributed by atoms with Crippen molar-refractivity contribution in [1.29, 1.82) is 5.26 Å². The van der Waals surface area contributed by atoms with Crippen LogP contribution in [0.4, 0.5) is 0 Å². The van der Waals surface area contributed by atoms with E-state index in [-0.39, 0.29) is 6.04 Å². The predicted molar refractivity (Wildman–Crippen MR) is 31.2 cm³/mol. The first kappa shape index (κ1) is 5.87. The lowest BCUT2D eigenvalue weighted by molar-refractivity contribution is 0.496. The molecular weight excluding hydrogens is 124 g/mol. The van der Waals surface area contributed by atoms with Gasteiger partial charge in [0.25, 0.3) is 0 Å². The molecule has 2 nitrogen and oxygen atoms in total.